The van der Waals surface area contributed by atoms with Crippen LogP contribution in [-0.4, -0.2) is 62.4 Å². The monoisotopic (exact) mass is 361 g/mol. The number of Topliss-reactive ketones (excluding diaryl/α,β-unsaturated/α-hetero) is 1. The molecule has 0 unspecified atom stereocenters. The number of likely N-dealkylation sites (tertiary alicyclic amines) is 2. The summed E-state index contributed by atoms with van der Waals surface area (Å²) in [5, 5.41) is 8.85. The number of carbonyl (C=O) groups is 2. The Kier molecular flexibility index (Phi) is 6.06. The molecule has 144 valence electrons. The van der Waals surface area contributed by atoms with Crippen molar-refractivity contribution in [2.45, 2.75) is 58.4 Å². The highest BCUT2D eigenvalue weighted by molar-refractivity contribution is 6.36. The van der Waals surface area contributed by atoms with Crippen LogP contribution in [0.5, 0.6) is 0 Å². The van der Waals surface area contributed by atoms with Gasteiger partial charge in [0, 0.05) is 32.5 Å². The van der Waals surface area contributed by atoms with Crippen molar-refractivity contribution in [3.63, 3.8) is 0 Å². The second kappa shape index (κ2) is 8.29. The first-order valence-electron chi connectivity index (χ1n) is 9.88. The number of rotatable bonds is 6. The van der Waals surface area contributed by atoms with Gasteiger partial charge in [-0.1, -0.05) is 13.8 Å². The number of piperidine rings is 1. The number of hydrogen-bond acceptors (Lipinski definition) is 5. The molecule has 0 aliphatic carbocycles. The fraction of sp³-hybridized carbons (Fsp3) is 0.789. The van der Waals surface area contributed by atoms with E-state index >= 15 is 0 Å². The second-order valence-electron chi connectivity index (χ2n) is 8.10. The number of ketones is 1. The van der Waals surface area contributed by atoms with E-state index in [2.05, 4.69) is 19.7 Å². The summed E-state index contributed by atoms with van der Waals surface area (Å²) in [7, 11) is 2.05. The van der Waals surface area contributed by atoms with Crippen molar-refractivity contribution in [1.82, 2.24) is 24.6 Å². The minimum Gasteiger partial charge on any atom is -0.336 e. The van der Waals surface area contributed by atoms with Gasteiger partial charge in [0.25, 0.3) is 5.91 Å². The molecule has 0 atom stereocenters. The van der Waals surface area contributed by atoms with E-state index in [4.69, 9.17) is 0 Å². The smallest absolute Gasteiger partial charge is 0.289 e. The normalized spacial score (nSPS) is 19.5. The topological polar surface area (TPSA) is 71.3 Å². The molecule has 0 bridgehead atoms. The van der Waals surface area contributed by atoms with E-state index in [1.165, 1.54) is 12.8 Å². The molecule has 3 heterocycles. The van der Waals surface area contributed by atoms with Crippen molar-refractivity contribution in [1.29, 1.82) is 0 Å². The highest BCUT2D eigenvalue weighted by Crippen LogP contribution is 2.27. The van der Waals surface area contributed by atoms with Gasteiger partial charge in [-0.2, -0.15) is 0 Å². The molecule has 26 heavy (non-hydrogen) atoms. The average molecular weight is 361 g/mol. The van der Waals surface area contributed by atoms with Gasteiger partial charge in [0.2, 0.25) is 5.78 Å². The Labute approximate surface area is 155 Å². The molecule has 1 amide bonds. The van der Waals surface area contributed by atoms with Crippen molar-refractivity contribution in [2.75, 3.05) is 26.2 Å². The molecule has 2 fully saturated rings. The highest BCUT2D eigenvalue weighted by Gasteiger charge is 2.30. The molecule has 0 spiro atoms. The number of carbonyl (C=O) groups excluding carboxylic acids is 2. The molecule has 1 aromatic rings. The Bertz CT molecular complexity index is 640. The van der Waals surface area contributed by atoms with Crippen molar-refractivity contribution >= 4 is 11.7 Å². The van der Waals surface area contributed by atoms with Gasteiger partial charge in [0.15, 0.2) is 0 Å². The van der Waals surface area contributed by atoms with Crippen LogP contribution >= 0.6 is 0 Å². The van der Waals surface area contributed by atoms with Gasteiger partial charge in [-0.05, 0) is 44.7 Å². The van der Waals surface area contributed by atoms with Gasteiger partial charge < -0.3 is 9.47 Å². The van der Waals surface area contributed by atoms with E-state index in [1.807, 2.05) is 20.9 Å². The quantitative estimate of drug-likeness (QED) is 0.722. The van der Waals surface area contributed by atoms with Crippen LogP contribution in [0.3, 0.4) is 0 Å². The summed E-state index contributed by atoms with van der Waals surface area (Å²) in [6, 6.07) is 0. The minimum absolute atomic E-state index is 0.219. The number of hydrogen-bond donors (Lipinski definition) is 0. The molecule has 7 heteroatoms. The first-order chi connectivity index (χ1) is 12.5. The van der Waals surface area contributed by atoms with Crippen molar-refractivity contribution in [3.8, 4) is 0 Å². The van der Waals surface area contributed by atoms with Gasteiger partial charge in [-0.3, -0.25) is 14.5 Å². The van der Waals surface area contributed by atoms with Crippen molar-refractivity contribution in [2.24, 2.45) is 13.0 Å². The van der Waals surface area contributed by atoms with Crippen LogP contribution in [0.15, 0.2) is 0 Å². The molecule has 2 aliphatic rings. The standard InChI is InChI=1S/C19H31N5O2/c1-14(2)12-16(25)19(26)24-10-6-15(7-11-24)18-21-20-17(22(18)3)13-23-8-4-5-9-23/h14-15H,4-13H2,1-3H3. The SMILES string of the molecule is CC(C)CC(=O)C(=O)N1CCC(c2nnc(CN3CCCC3)n2C)CC1. The largest absolute Gasteiger partial charge is 0.336 e. The zero-order valence-electron chi connectivity index (χ0n) is 16.3. The Morgan fingerprint density at radius 2 is 1.73 bits per heavy atom. The van der Waals surface area contributed by atoms with Gasteiger partial charge >= 0.3 is 0 Å². The van der Waals surface area contributed by atoms with E-state index in [0.717, 1.165) is 44.1 Å². The van der Waals surface area contributed by atoms with E-state index in [1.54, 1.807) is 4.90 Å². The third kappa shape index (κ3) is 4.31. The Hall–Kier alpha value is -1.76. The van der Waals surface area contributed by atoms with Gasteiger partial charge in [-0.15, -0.1) is 10.2 Å². The van der Waals surface area contributed by atoms with E-state index in [0.29, 0.717) is 25.4 Å². The lowest BCUT2D eigenvalue weighted by molar-refractivity contribution is -0.145. The molecule has 2 aliphatic heterocycles. The molecule has 0 saturated carbocycles. The van der Waals surface area contributed by atoms with Crippen LogP contribution in [0.2, 0.25) is 0 Å². The molecule has 2 saturated heterocycles. The summed E-state index contributed by atoms with van der Waals surface area (Å²) >= 11 is 0. The third-order valence-corrected chi connectivity index (χ3v) is 5.54. The Morgan fingerprint density at radius 3 is 2.35 bits per heavy atom. The van der Waals surface area contributed by atoms with Crippen LogP contribution < -0.4 is 0 Å². The summed E-state index contributed by atoms with van der Waals surface area (Å²) in [6.45, 7) is 8.34. The molecule has 3 rings (SSSR count). The summed E-state index contributed by atoms with van der Waals surface area (Å²) in [6.07, 6.45) is 4.56. The third-order valence-electron chi connectivity index (χ3n) is 5.54. The number of aromatic nitrogens is 3. The number of nitrogens with zero attached hydrogens (tertiary/aromatic N) is 5. The first-order valence-corrected chi connectivity index (χ1v) is 9.88. The summed E-state index contributed by atoms with van der Waals surface area (Å²) in [5.74, 6) is 1.99. The van der Waals surface area contributed by atoms with E-state index < -0.39 is 0 Å². The summed E-state index contributed by atoms with van der Waals surface area (Å²) < 4.78 is 2.13. The maximum absolute atomic E-state index is 12.3. The lowest BCUT2D eigenvalue weighted by Gasteiger charge is -2.31. The number of amides is 1. The molecule has 0 aromatic carbocycles. The molecular weight excluding hydrogens is 330 g/mol. The van der Waals surface area contributed by atoms with Crippen molar-refractivity contribution < 1.29 is 9.59 Å². The maximum atomic E-state index is 12.3. The first kappa shape index (κ1) is 19.0. The van der Waals surface area contributed by atoms with Gasteiger partial charge in [-0.25, -0.2) is 0 Å². The fourth-order valence-electron chi connectivity index (χ4n) is 3.98. The lowest BCUT2D eigenvalue weighted by Crippen LogP contribution is -2.42. The molecular formula is C19H31N5O2. The second-order valence-corrected chi connectivity index (χ2v) is 8.10. The Morgan fingerprint density at radius 1 is 1.08 bits per heavy atom. The van der Waals surface area contributed by atoms with E-state index in [-0.39, 0.29) is 17.6 Å². The Balaban J connectivity index is 1.55. The lowest BCUT2D eigenvalue weighted by atomic mass is 9.95. The zero-order valence-corrected chi connectivity index (χ0v) is 16.3. The maximum Gasteiger partial charge on any atom is 0.289 e. The zero-order chi connectivity index (χ0) is 18.7. The van der Waals surface area contributed by atoms with Gasteiger partial charge in [0.1, 0.15) is 11.6 Å². The summed E-state index contributed by atoms with van der Waals surface area (Å²) in [4.78, 5) is 28.4. The molecule has 0 radical (unpaired) electrons. The van der Waals surface area contributed by atoms with Crippen LogP contribution in [0.25, 0.3) is 0 Å². The highest BCUT2D eigenvalue weighted by atomic mass is 16.2. The van der Waals surface area contributed by atoms with Crippen LogP contribution in [-0.2, 0) is 23.2 Å². The average Bonchev–Trinajstić information content (AvgIpc) is 3.25. The van der Waals surface area contributed by atoms with Gasteiger partial charge in [0.05, 0.1) is 6.54 Å². The van der Waals surface area contributed by atoms with Crippen LogP contribution in [0.1, 0.15) is 63.5 Å². The fourth-order valence-corrected chi connectivity index (χ4v) is 3.98. The predicted octanol–water partition coefficient (Wildman–Crippen LogP) is 1.73. The van der Waals surface area contributed by atoms with E-state index in [9.17, 15) is 9.59 Å². The van der Waals surface area contributed by atoms with Crippen LogP contribution in [0.4, 0.5) is 0 Å². The molecule has 7 nitrogen and oxygen atoms in total. The van der Waals surface area contributed by atoms with Crippen molar-refractivity contribution in [3.05, 3.63) is 11.6 Å². The molecule has 1 aromatic heterocycles. The predicted molar refractivity (Wildman–Crippen MR) is 98.5 cm³/mol. The molecule has 0 N–H and O–H groups in total. The summed E-state index contributed by atoms with van der Waals surface area (Å²) in [5.41, 5.74) is 0. The van der Waals surface area contributed by atoms with Crippen LogP contribution in [0, 0.1) is 5.92 Å². The minimum atomic E-state index is -0.315.